The predicted molar refractivity (Wildman–Crippen MR) is 95.4 cm³/mol. The minimum absolute atomic E-state index is 0.0232. The molecule has 0 aliphatic rings. The molecule has 0 aliphatic carbocycles. The van der Waals surface area contributed by atoms with Crippen LogP contribution in [0.25, 0.3) is 10.2 Å². The molecule has 0 spiro atoms. The fourth-order valence-electron chi connectivity index (χ4n) is 2.14. The number of amides is 2. The minimum atomic E-state index is -0.241. The molecule has 7 nitrogen and oxygen atoms in total. The number of anilines is 1. The number of H-pyrrole nitrogens is 1. The van der Waals surface area contributed by atoms with Crippen molar-refractivity contribution in [3.05, 3.63) is 35.4 Å². The van der Waals surface area contributed by atoms with Gasteiger partial charge in [0.1, 0.15) is 12.2 Å². The molecule has 24 heavy (non-hydrogen) atoms. The van der Waals surface area contributed by atoms with Crippen LogP contribution < -0.4 is 10.6 Å². The summed E-state index contributed by atoms with van der Waals surface area (Å²) in [7, 11) is 0. The Morgan fingerprint density at radius 1 is 1.33 bits per heavy atom. The number of aromatic amines is 1. The quantitative estimate of drug-likeness (QED) is 0.678. The summed E-state index contributed by atoms with van der Waals surface area (Å²) < 4.78 is 1.07. The van der Waals surface area contributed by atoms with Crippen molar-refractivity contribution in [3.8, 4) is 0 Å². The van der Waals surface area contributed by atoms with Gasteiger partial charge in [0.15, 0.2) is 0 Å². The minimum Gasteiger partial charge on any atom is -0.337 e. The first-order chi connectivity index (χ1) is 11.4. The van der Waals surface area contributed by atoms with Crippen LogP contribution in [0.15, 0.2) is 24.5 Å². The Kier molecular flexibility index (Phi) is 4.48. The normalized spacial score (nSPS) is 11.6. The molecule has 2 amide bonds. The summed E-state index contributed by atoms with van der Waals surface area (Å²) in [5.41, 5.74) is 1.74. The van der Waals surface area contributed by atoms with Gasteiger partial charge in [-0.3, -0.25) is 5.10 Å². The molecule has 3 N–H and O–H groups in total. The van der Waals surface area contributed by atoms with Crippen molar-refractivity contribution in [2.45, 2.75) is 32.6 Å². The van der Waals surface area contributed by atoms with Crippen LogP contribution in [0, 0.1) is 0 Å². The molecule has 0 bridgehead atoms. The van der Waals surface area contributed by atoms with Gasteiger partial charge in [-0.1, -0.05) is 20.8 Å². The topological polar surface area (TPSA) is 95.6 Å². The van der Waals surface area contributed by atoms with E-state index in [0.717, 1.165) is 26.7 Å². The van der Waals surface area contributed by atoms with Gasteiger partial charge in [-0.05, 0) is 18.2 Å². The average molecular weight is 344 g/mol. The van der Waals surface area contributed by atoms with E-state index in [1.165, 1.54) is 6.33 Å². The van der Waals surface area contributed by atoms with E-state index in [9.17, 15) is 4.79 Å². The fourth-order valence-corrected chi connectivity index (χ4v) is 3.21. The third kappa shape index (κ3) is 3.88. The third-order valence-corrected chi connectivity index (χ3v) is 4.84. The van der Waals surface area contributed by atoms with Gasteiger partial charge in [0.2, 0.25) is 0 Å². The molecule has 3 aromatic rings. The first kappa shape index (κ1) is 16.4. The largest absolute Gasteiger partial charge is 0.337 e. The van der Waals surface area contributed by atoms with E-state index in [0.29, 0.717) is 13.0 Å². The van der Waals surface area contributed by atoms with Gasteiger partial charge in [-0.2, -0.15) is 5.10 Å². The number of hydrogen-bond donors (Lipinski definition) is 3. The first-order valence-corrected chi connectivity index (χ1v) is 8.53. The maximum atomic E-state index is 12.0. The van der Waals surface area contributed by atoms with Crippen LogP contribution >= 0.6 is 11.3 Å². The van der Waals surface area contributed by atoms with Gasteiger partial charge in [-0.15, -0.1) is 11.3 Å². The molecular formula is C16H20N6OS. The van der Waals surface area contributed by atoms with E-state index in [1.54, 1.807) is 11.3 Å². The SMILES string of the molecule is CC(C)(C)c1nc2ccc(NC(=O)NCCc3ncn[nH]3)cc2s1. The van der Waals surface area contributed by atoms with Crippen molar-refractivity contribution in [2.24, 2.45) is 0 Å². The number of rotatable bonds is 4. The molecule has 3 rings (SSSR count). The number of carbonyl (C=O) groups excluding carboxylic acids is 1. The molecule has 1 aromatic carbocycles. The van der Waals surface area contributed by atoms with Crippen molar-refractivity contribution in [2.75, 3.05) is 11.9 Å². The van der Waals surface area contributed by atoms with E-state index in [2.05, 4.69) is 51.6 Å². The molecule has 2 aromatic heterocycles. The summed E-state index contributed by atoms with van der Waals surface area (Å²) in [4.78, 5) is 20.6. The van der Waals surface area contributed by atoms with Gasteiger partial charge in [0.25, 0.3) is 0 Å². The van der Waals surface area contributed by atoms with Crippen molar-refractivity contribution < 1.29 is 4.79 Å². The molecule has 0 aliphatic heterocycles. The van der Waals surface area contributed by atoms with Gasteiger partial charge >= 0.3 is 6.03 Å². The highest BCUT2D eigenvalue weighted by Gasteiger charge is 2.18. The Morgan fingerprint density at radius 3 is 2.88 bits per heavy atom. The Labute approximate surface area is 143 Å². The number of fused-ring (bicyclic) bond motifs is 1. The molecule has 0 saturated heterocycles. The number of carbonyl (C=O) groups is 1. The Balaban J connectivity index is 1.61. The van der Waals surface area contributed by atoms with Gasteiger partial charge in [-0.25, -0.2) is 14.8 Å². The maximum absolute atomic E-state index is 12.0. The fraction of sp³-hybridized carbons (Fsp3) is 0.375. The lowest BCUT2D eigenvalue weighted by atomic mass is 9.98. The monoisotopic (exact) mass is 344 g/mol. The molecule has 0 atom stereocenters. The van der Waals surface area contributed by atoms with Crippen molar-refractivity contribution in [1.29, 1.82) is 0 Å². The van der Waals surface area contributed by atoms with Gasteiger partial charge in [0, 0.05) is 24.1 Å². The predicted octanol–water partition coefficient (Wildman–Crippen LogP) is 3.08. The lowest BCUT2D eigenvalue weighted by Crippen LogP contribution is -2.30. The second kappa shape index (κ2) is 6.56. The van der Waals surface area contributed by atoms with Crippen molar-refractivity contribution in [1.82, 2.24) is 25.5 Å². The standard InChI is InChI=1S/C16H20N6OS/c1-16(2,3)14-21-11-5-4-10(8-12(11)24-14)20-15(23)17-7-6-13-18-9-19-22-13/h4-5,8-9H,6-7H2,1-3H3,(H2,17,20,23)(H,18,19,22). The number of urea groups is 1. The third-order valence-electron chi connectivity index (χ3n) is 3.40. The van der Waals surface area contributed by atoms with Crippen LogP contribution in [0.2, 0.25) is 0 Å². The number of aromatic nitrogens is 4. The molecule has 126 valence electrons. The van der Waals surface area contributed by atoms with E-state index in [-0.39, 0.29) is 11.4 Å². The molecule has 0 saturated carbocycles. The Hall–Kier alpha value is -2.48. The lowest BCUT2D eigenvalue weighted by molar-refractivity contribution is 0.252. The van der Waals surface area contributed by atoms with Crippen LogP contribution in [0.4, 0.5) is 10.5 Å². The van der Waals surface area contributed by atoms with Crippen LogP contribution in [0.1, 0.15) is 31.6 Å². The second-order valence-electron chi connectivity index (χ2n) is 6.51. The molecule has 2 heterocycles. The van der Waals surface area contributed by atoms with Crippen molar-refractivity contribution >= 4 is 33.3 Å². The second-order valence-corrected chi connectivity index (χ2v) is 7.55. The van der Waals surface area contributed by atoms with E-state index >= 15 is 0 Å². The maximum Gasteiger partial charge on any atom is 0.319 e. The number of hydrogen-bond acceptors (Lipinski definition) is 5. The first-order valence-electron chi connectivity index (χ1n) is 7.72. The lowest BCUT2D eigenvalue weighted by Gasteiger charge is -2.13. The molecule has 0 fully saturated rings. The number of benzene rings is 1. The van der Waals surface area contributed by atoms with Crippen LogP contribution in [-0.4, -0.2) is 32.7 Å². The highest BCUT2D eigenvalue weighted by atomic mass is 32.1. The smallest absolute Gasteiger partial charge is 0.319 e. The number of thiazole rings is 1. The summed E-state index contributed by atoms with van der Waals surface area (Å²) in [6.07, 6.45) is 2.06. The Bertz CT molecular complexity index is 834. The van der Waals surface area contributed by atoms with Crippen molar-refractivity contribution in [3.63, 3.8) is 0 Å². The highest BCUT2D eigenvalue weighted by Crippen LogP contribution is 2.32. The van der Waals surface area contributed by atoms with E-state index in [4.69, 9.17) is 0 Å². The highest BCUT2D eigenvalue weighted by molar-refractivity contribution is 7.18. The van der Waals surface area contributed by atoms with Crippen LogP contribution in [0.3, 0.4) is 0 Å². The zero-order chi connectivity index (χ0) is 17.2. The molecule has 0 radical (unpaired) electrons. The van der Waals surface area contributed by atoms with E-state index in [1.807, 2.05) is 18.2 Å². The van der Waals surface area contributed by atoms with Crippen LogP contribution in [0.5, 0.6) is 0 Å². The number of nitrogens with zero attached hydrogens (tertiary/aromatic N) is 3. The zero-order valence-electron chi connectivity index (χ0n) is 13.9. The number of nitrogens with one attached hydrogen (secondary N) is 3. The zero-order valence-corrected chi connectivity index (χ0v) is 14.7. The molecular weight excluding hydrogens is 324 g/mol. The van der Waals surface area contributed by atoms with E-state index < -0.39 is 0 Å². The van der Waals surface area contributed by atoms with Crippen LogP contribution in [-0.2, 0) is 11.8 Å². The summed E-state index contributed by atoms with van der Waals surface area (Å²) in [6, 6.07) is 5.52. The summed E-state index contributed by atoms with van der Waals surface area (Å²) in [5, 5.41) is 13.3. The summed E-state index contributed by atoms with van der Waals surface area (Å²) >= 11 is 1.66. The molecule has 8 heteroatoms. The molecule has 0 unspecified atom stereocenters. The average Bonchev–Trinajstić information content (AvgIpc) is 3.15. The summed E-state index contributed by atoms with van der Waals surface area (Å²) in [6.45, 7) is 6.92. The summed E-state index contributed by atoms with van der Waals surface area (Å²) in [5.74, 6) is 0.746. The van der Waals surface area contributed by atoms with Gasteiger partial charge in [0.05, 0.1) is 15.2 Å². The van der Waals surface area contributed by atoms with Gasteiger partial charge < -0.3 is 10.6 Å². The Morgan fingerprint density at radius 2 is 2.17 bits per heavy atom.